The summed E-state index contributed by atoms with van der Waals surface area (Å²) in [7, 11) is 1.35. The summed E-state index contributed by atoms with van der Waals surface area (Å²) < 4.78 is 22.6. The van der Waals surface area contributed by atoms with Crippen LogP contribution in [-0.4, -0.2) is 31.8 Å². The smallest absolute Gasteiger partial charge is 0.261 e. The van der Waals surface area contributed by atoms with E-state index in [1.165, 1.54) is 18.2 Å². The molecule has 0 spiro atoms. The third-order valence-corrected chi connectivity index (χ3v) is 4.18. The van der Waals surface area contributed by atoms with Gasteiger partial charge in [0.15, 0.2) is 0 Å². The van der Waals surface area contributed by atoms with Gasteiger partial charge in [0, 0.05) is 33.9 Å². The summed E-state index contributed by atoms with van der Waals surface area (Å²) in [4.78, 5) is 13.7. The van der Waals surface area contributed by atoms with E-state index in [0.29, 0.717) is 6.54 Å². The highest BCUT2D eigenvalue weighted by atomic mass is 35.7. The molecule has 4 nitrogen and oxygen atoms in total. The normalized spacial score (nSPS) is 11.7. The third-order valence-electron chi connectivity index (χ3n) is 2.62. The molecule has 0 saturated carbocycles. The molecular weight excluding hydrogens is 309 g/mol. The lowest BCUT2D eigenvalue weighted by atomic mass is 10.1. The Morgan fingerprint density at radius 1 is 1.32 bits per heavy atom. The first-order chi connectivity index (χ1) is 8.66. The summed E-state index contributed by atoms with van der Waals surface area (Å²) >= 11 is 5.83. The lowest BCUT2D eigenvalue weighted by Crippen LogP contribution is -2.36. The van der Waals surface area contributed by atoms with Crippen LogP contribution in [0.1, 0.15) is 31.1 Å². The second kappa shape index (κ2) is 6.11. The Labute approximate surface area is 122 Å². The predicted octanol–water partition coefficient (Wildman–Crippen LogP) is 3.14. The highest BCUT2D eigenvalue weighted by molar-refractivity contribution is 8.13. The molecule has 0 aliphatic carbocycles. The van der Waals surface area contributed by atoms with Crippen LogP contribution >= 0.6 is 22.3 Å². The van der Waals surface area contributed by atoms with Crippen molar-refractivity contribution in [2.75, 3.05) is 6.54 Å². The van der Waals surface area contributed by atoms with Gasteiger partial charge >= 0.3 is 0 Å². The van der Waals surface area contributed by atoms with Crippen LogP contribution in [0.2, 0.25) is 5.02 Å². The maximum atomic E-state index is 12.3. The fraction of sp³-hybridized carbons (Fsp3) is 0.417. The minimum atomic E-state index is -3.92. The standard InChI is InChI=1S/C12H15Cl2NO3S/c1-4-15(8(2)3)12(16)9-5-10(13)7-11(6-9)19(14,17)18/h5-8H,4H2,1-3H3. The van der Waals surface area contributed by atoms with Crippen LogP contribution in [0, 0.1) is 0 Å². The van der Waals surface area contributed by atoms with E-state index >= 15 is 0 Å². The van der Waals surface area contributed by atoms with Gasteiger partial charge in [-0.3, -0.25) is 4.79 Å². The van der Waals surface area contributed by atoms with E-state index in [1.807, 2.05) is 20.8 Å². The molecule has 0 aliphatic heterocycles. The van der Waals surface area contributed by atoms with Crippen molar-refractivity contribution in [1.29, 1.82) is 0 Å². The van der Waals surface area contributed by atoms with Gasteiger partial charge in [-0.1, -0.05) is 11.6 Å². The number of rotatable bonds is 4. The Balaban J connectivity index is 3.28. The average Bonchev–Trinajstić information content (AvgIpc) is 2.27. The van der Waals surface area contributed by atoms with Crippen LogP contribution in [0.5, 0.6) is 0 Å². The van der Waals surface area contributed by atoms with Gasteiger partial charge in [-0.15, -0.1) is 0 Å². The quantitative estimate of drug-likeness (QED) is 0.800. The lowest BCUT2D eigenvalue weighted by Gasteiger charge is -2.25. The Morgan fingerprint density at radius 3 is 2.32 bits per heavy atom. The molecular formula is C12H15Cl2NO3S. The van der Waals surface area contributed by atoms with Gasteiger partial charge in [0.1, 0.15) is 0 Å². The van der Waals surface area contributed by atoms with Crippen molar-refractivity contribution in [3.8, 4) is 0 Å². The molecule has 0 aromatic heterocycles. The van der Waals surface area contributed by atoms with Crippen LogP contribution in [-0.2, 0) is 9.05 Å². The first kappa shape index (κ1) is 16.3. The number of carbonyl (C=O) groups excluding carboxylic acids is 1. The average molecular weight is 324 g/mol. The van der Waals surface area contributed by atoms with Crippen LogP contribution in [0.3, 0.4) is 0 Å². The molecule has 7 heteroatoms. The Morgan fingerprint density at radius 2 is 1.89 bits per heavy atom. The van der Waals surface area contributed by atoms with Crippen molar-refractivity contribution in [2.24, 2.45) is 0 Å². The van der Waals surface area contributed by atoms with Gasteiger partial charge in [0.2, 0.25) is 0 Å². The number of halogens is 2. The maximum absolute atomic E-state index is 12.3. The molecule has 0 unspecified atom stereocenters. The third kappa shape index (κ3) is 4.09. The van der Waals surface area contributed by atoms with E-state index in [2.05, 4.69) is 0 Å². The molecule has 1 amide bonds. The molecule has 0 saturated heterocycles. The van der Waals surface area contributed by atoms with Crippen molar-refractivity contribution in [2.45, 2.75) is 31.7 Å². The predicted molar refractivity (Wildman–Crippen MR) is 76.3 cm³/mol. The number of hydrogen-bond donors (Lipinski definition) is 0. The molecule has 0 N–H and O–H groups in total. The van der Waals surface area contributed by atoms with E-state index in [-0.39, 0.29) is 27.4 Å². The van der Waals surface area contributed by atoms with E-state index < -0.39 is 9.05 Å². The van der Waals surface area contributed by atoms with E-state index in [1.54, 1.807) is 4.90 Å². The minimum absolute atomic E-state index is 0.00698. The van der Waals surface area contributed by atoms with Crippen LogP contribution in [0.4, 0.5) is 0 Å². The summed E-state index contributed by atoms with van der Waals surface area (Å²) in [5.74, 6) is -0.276. The number of carbonyl (C=O) groups is 1. The van der Waals surface area contributed by atoms with Crippen molar-refractivity contribution in [3.63, 3.8) is 0 Å². The fourth-order valence-electron chi connectivity index (χ4n) is 1.74. The van der Waals surface area contributed by atoms with Gasteiger partial charge in [0.25, 0.3) is 15.0 Å². The van der Waals surface area contributed by atoms with Gasteiger partial charge in [0.05, 0.1) is 4.90 Å². The van der Waals surface area contributed by atoms with Crippen LogP contribution < -0.4 is 0 Å². The SMILES string of the molecule is CCN(C(=O)c1cc(Cl)cc(S(=O)(=O)Cl)c1)C(C)C. The van der Waals surface area contributed by atoms with Gasteiger partial charge in [-0.25, -0.2) is 8.42 Å². The number of hydrogen-bond acceptors (Lipinski definition) is 3. The minimum Gasteiger partial charge on any atom is -0.337 e. The fourth-order valence-corrected chi connectivity index (χ4v) is 2.84. The topological polar surface area (TPSA) is 54.5 Å². The van der Waals surface area contributed by atoms with Crippen molar-refractivity contribution < 1.29 is 13.2 Å². The highest BCUT2D eigenvalue weighted by Crippen LogP contribution is 2.23. The van der Waals surface area contributed by atoms with Crippen LogP contribution in [0.15, 0.2) is 23.1 Å². The molecule has 0 bridgehead atoms. The second-order valence-electron chi connectivity index (χ2n) is 4.30. The zero-order valence-electron chi connectivity index (χ0n) is 10.9. The van der Waals surface area contributed by atoms with Gasteiger partial charge in [-0.2, -0.15) is 0 Å². The Kier molecular flexibility index (Phi) is 5.24. The molecule has 0 aliphatic rings. The molecule has 106 valence electrons. The summed E-state index contributed by atoms with van der Waals surface area (Å²) in [6, 6.07) is 3.89. The number of amides is 1. The lowest BCUT2D eigenvalue weighted by molar-refractivity contribution is 0.0716. The zero-order chi connectivity index (χ0) is 14.8. The maximum Gasteiger partial charge on any atom is 0.261 e. The highest BCUT2D eigenvalue weighted by Gasteiger charge is 2.20. The molecule has 19 heavy (non-hydrogen) atoms. The van der Waals surface area contributed by atoms with Crippen molar-refractivity contribution in [1.82, 2.24) is 4.90 Å². The Bertz CT molecular complexity index is 585. The largest absolute Gasteiger partial charge is 0.337 e. The molecule has 1 aromatic carbocycles. The second-order valence-corrected chi connectivity index (χ2v) is 7.30. The van der Waals surface area contributed by atoms with Crippen molar-refractivity contribution >= 4 is 37.2 Å². The molecule has 1 rings (SSSR count). The molecule has 0 atom stereocenters. The van der Waals surface area contributed by atoms with Crippen molar-refractivity contribution in [3.05, 3.63) is 28.8 Å². The zero-order valence-corrected chi connectivity index (χ0v) is 13.2. The number of nitrogens with zero attached hydrogens (tertiary/aromatic N) is 1. The monoisotopic (exact) mass is 323 g/mol. The summed E-state index contributed by atoms with van der Waals surface area (Å²) in [5, 5.41) is 0.157. The first-order valence-corrected chi connectivity index (χ1v) is 8.41. The van der Waals surface area contributed by atoms with E-state index in [4.69, 9.17) is 22.3 Å². The van der Waals surface area contributed by atoms with Gasteiger partial charge < -0.3 is 4.90 Å². The summed E-state index contributed by atoms with van der Waals surface area (Å²) in [6.45, 7) is 6.13. The Hall–Kier alpha value is -0.780. The molecule has 0 radical (unpaired) electrons. The van der Waals surface area contributed by atoms with Gasteiger partial charge in [-0.05, 0) is 39.0 Å². The molecule has 0 fully saturated rings. The molecule has 1 aromatic rings. The summed E-state index contributed by atoms with van der Waals surface area (Å²) in [6.07, 6.45) is 0. The van der Waals surface area contributed by atoms with E-state index in [0.717, 1.165) is 0 Å². The molecule has 0 heterocycles. The number of benzene rings is 1. The van der Waals surface area contributed by atoms with Crippen LogP contribution in [0.25, 0.3) is 0 Å². The first-order valence-electron chi connectivity index (χ1n) is 5.73. The van der Waals surface area contributed by atoms with E-state index in [9.17, 15) is 13.2 Å². The summed E-state index contributed by atoms with van der Waals surface area (Å²) in [5.41, 5.74) is 0.210.